The van der Waals surface area contributed by atoms with Crippen LogP contribution in [0.2, 0.25) is 0 Å². The summed E-state index contributed by atoms with van der Waals surface area (Å²) in [5.74, 6) is 0.317. The summed E-state index contributed by atoms with van der Waals surface area (Å²) < 4.78 is 6.61. The topological polar surface area (TPSA) is 69.6 Å². The molecule has 0 bridgehead atoms. The van der Waals surface area contributed by atoms with E-state index in [0.717, 1.165) is 24.2 Å². The van der Waals surface area contributed by atoms with Crippen LogP contribution in [-0.2, 0) is 10.3 Å². The first-order valence-electron chi connectivity index (χ1n) is 5.50. The predicted molar refractivity (Wildman–Crippen MR) is 61.6 cm³/mol. The largest absolute Gasteiger partial charge is 0.464 e. The summed E-state index contributed by atoms with van der Waals surface area (Å²) >= 11 is 0. The normalized spacial score (nSPS) is 17.1. The summed E-state index contributed by atoms with van der Waals surface area (Å²) in [4.78, 5) is 16.0. The number of nitrogens with two attached hydrogens (primary N) is 1. The Hall–Kier alpha value is -1.88. The van der Waals surface area contributed by atoms with E-state index in [1.54, 1.807) is 0 Å². The zero-order valence-corrected chi connectivity index (χ0v) is 9.51. The number of carbonyl (C=O) groups excluding carboxylic acids is 1. The molecule has 1 saturated carbocycles. The first-order valence-corrected chi connectivity index (χ1v) is 5.50. The van der Waals surface area contributed by atoms with E-state index in [4.69, 9.17) is 10.5 Å². The summed E-state index contributed by atoms with van der Waals surface area (Å²) in [7, 11) is 1.35. The van der Waals surface area contributed by atoms with Crippen LogP contribution in [0.1, 0.15) is 29.2 Å². The minimum absolute atomic E-state index is 0.333. The highest BCUT2D eigenvalue weighted by Gasteiger charge is 2.44. The van der Waals surface area contributed by atoms with Crippen molar-refractivity contribution in [3.05, 3.63) is 35.9 Å². The summed E-state index contributed by atoms with van der Waals surface area (Å²) in [5, 5.41) is 0. The molecule has 0 amide bonds. The van der Waals surface area contributed by atoms with Crippen LogP contribution in [0, 0.1) is 0 Å². The molecule has 1 fully saturated rings. The summed E-state index contributed by atoms with van der Waals surface area (Å²) in [6, 6.07) is 5.60. The van der Waals surface area contributed by atoms with Crippen LogP contribution < -0.4 is 5.73 Å². The number of nitrogens with zero attached hydrogens (tertiary/aromatic N) is 2. The second-order valence-electron chi connectivity index (χ2n) is 4.39. The van der Waals surface area contributed by atoms with Gasteiger partial charge in [0.1, 0.15) is 5.82 Å². The molecular formula is C12H13N3O2. The van der Waals surface area contributed by atoms with E-state index in [0.29, 0.717) is 5.69 Å². The molecule has 2 N–H and O–H groups in total. The first kappa shape index (κ1) is 10.3. The summed E-state index contributed by atoms with van der Waals surface area (Å²) in [5.41, 5.74) is 6.85. The van der Waals surface area contributed by atoms with Gasteiger partial charge < -0.3 is 14.9 Å². The molecule has 17 heavy (non-hydrogen) atoms. The summed E-state index contributed by atoms with van der Waals surface area (Å²) in [6.45, 7) is 0. The van der Waals surface area contributed by atoms with E-state index < -0.39 is 5.97 Å². The zero-order valence-electron chi connectivity index (χ0n) is 9.51. The number of carbonyl (C=O) groups is 1. The second-order valence-corrected chi connectivity index (χ2v) is 4.39. The highest BCUT2D eigenvalue weighted by atomic mass is 16.5. The number of fused-ring (bicyclic) bond motifs is 1. The van der Waals surface area contributed by atoms with E-state index in [2.05, 4.69) is 4.98 Å². The lowest BCUT2D eigenvalue weighted by molar-refractivity contribution is 0.0596. The molecule has 1 aliphatic carbocycles. The van der Waals surface area contributed by atoms with Crippen molar-refractivity contribution >= 4 is 11.5 Å². The Balaban J connectivity index is 2.27. The molecule has 0 aliphatic heterocycles. The fourth-order valence-corrected chi connectivity index (χ4v) is 1.99. The van der Waals surface area contributed by atoms with Gasteiger partial charge >= 0.3 is 5.97 Å². The van der Waals surface area contributed by atoms with Gasteiger partial charge in [-0.05, 0) is 25.0 Å². The van der Waals surface area contributed by atoms with Gasteiger partial charge in [-0.2, -0.15) is 0 Å². The van der Waals surface area contributed by atoms with Crippen LogP contribution in [0.4, 0.5) is 0 Å². The van der Waals surface area contributed by atoms with Crippen molar-refractivity contribution in [2.24, 2.45) is 5.73 Å². The van der Waals surface area contributed by atoms with Crippen LogP contribution in [0.25, 0.3) is 5.52 Å². The van der Waals surface area contributed by atoms with Gasteiger partial charge in [-0.15, -0.1) is 0 Å². The van der Waals surface area contributed by atoms with E-state index in [1.165, 1.54) is 7.11 Å². The van der Waals surface area contributed by atoms with E-state index in [9.17, 15) is 4.79 Å². The van der Waals surface area contributed by atoms with E-state index in [1.807, 2.05) is 28.8 Å². The second kappa shape index (κ2) is 3.30. The smallest absolute Gasteiger partial charge is 0.358 e. The monoisotopic (exact) mass is 231 g/mol. The van der Waals surface area contributed by atoms with Gasteiger partial charge in [-0.1, -0.05) is 6.07 Å². The van der Waals surface area contributed by atoms with Gasteiger partial charge in [0.2, 0.25) is 0 Å². The van der Waals surface area contributed by atoms with Gasteiger partial charge in [0.25, 0.3) is 0 Å². The molecule has 2 aromatic heterocycles. The van der Waals surface area contributed by atoms with E-state index in [-0.39, 0.29) is 5.54 Å². The van der Waals surface area contributed by atoms with E-state index >= 15 is 0 Å². The van der Waals surface area contributed by atoms with Crippen LogP contribution >= 0.6 is 0 Å². The molecule has 88 valence electrons. The van der Waals surface area contributed by atoms with Crippen molar-refractivity contribution < 1.29 is 9.53 Å². The Morgan fingerprint density at radius 3 is 2.94 bits per heavy atom. The van der Waals surface area contributed by atoms with Crippen molar-refractivity contribution in [1.82, 2.24) is 9.38 Å². The molecule has 0 spiro atoms. The average molecular weight is 231 g/mol. The minimum Gasteiger partial charge on any atom is -0.464 e. The third-order valence-electron chi connectivity index (χ3n) is 3.16. The fourth-order valence-electron chi connectivity index (χ4n) is 1.99. The number of rotatable bonds is 2. The Morgan fingerprint density at radius 1 is 1.53 bits per heavy atom. The molecule has 2 aromatic rings. The van der Waals surface area contributed by atoms with Crippen LogP contribution in [0.15, 0.2) is 24.4 Å². The van der Waals surface area contributed by atoms with Gasteiger partial charge in [0, 0.05) is 6.20 Å². The van der Waals surface area contributed by atoms with Gasteiger partial charge in [0.15, 0.2) is 5.69 Å². The molecule has 2 heterocycles. The maximum absolute atomic E-state index is 11.6. The van der Waals surface area contributed by atoms with Crippen molar-refractivity contribution in [2.45, 2.75) is 18.4 Å². The third kappa shape index (κ3) is 1.43. The molecule has 0 radical (unpaired) electrons. The molecular weight excluding hydrogens is 218 g/mol. The number of imidazole rings is 1. The van der Waals surface area contributed by atoms with Crippen LogP contribution in [0.3, 0.4) is 0 Å². The molecule has 0 atom stereocenters. The number of ether oxygens (including phenoxy) is 1. The SMILES string of the molecule is COC(=O)c1nc(C2(N)CC2)n2ccccc12. The van der Waals surface area contributed by atoms with Crippen molar-refractivity contribution in [3.8, 4) is 0 Å². The van der Waals surface area contributed by atoms with Crippen molar-refractivity contribution in [1.29, 1.82) is 0 Å². The number of aromatic nitrogens is 2. The Bertz CT molecular complexity index is 599. The molecule has 5 heteroatoms. The van der Waals surface area contributed by atoms with Gasteiger partial charge in [-0.25, -0.2) is 9.78 Å². The first-order chi connectivity index (χ1) is 8.15. The maximum Gasteiger partial charge on any atom is 0.358 e. The average Bonchev–Trinajstić information content (AvgIpc) is 2.97. The number of esters is 1. The lowest BCUT2D eigenvalue weighted by Gasteiger charge is -2.06. The predicted octanol–water partition coefficient (Wildman–Crippen LogP) is 1.07. The summed E-state index contributed by atoms with van der Waals surface area (Å²) in [6.07, 6.45) is 3.68. The quantitative estimate of drug-likeness (QED) is 0.785. The Morgan fingerprint density at radius 2 is 2.29 bits per heavy atom. The van der Waals surface area contributed by atoms with Crippen LogP contribution in [-0.4, -0.2) is 22.5 Å². The molecule has 3 rings (SSSR count). The number of pyridine rings is 1. The van der Waals surface area contributed by atoms with Crippen molar-refractivity contribution in [2.75, 3.05) is 7.11 Å². The zero-order chi connectivity index (χ0) is 12.0. The maximum atomic E-state index is 11.6. The standard InChI is InChI=1S/C12H13N3O2/c1-17-10(16)9-8-4-2-3-7-15(8)11(14-9)12(13)5-6-12/h2-4,7H,5-6,13H2,1H3. The molecule has 0 unspecified atom stereocenters. The molecule has 1 aliphatic rings. The highest BCUT2D eigenvalue weighted by Crippen LogP contribution is 2.42. The minimum atomic E-state index is -0.427. The van der Waals surface area contributed by atoms with Crippen LogP contribution in [0.5, 0.6) is 0 Å². The Kier molecular flexibility index (Phi) is 2.00. The van der Waals surface area contributed by atoms with Gasteiger partial charge in [0.05, 0.1) is 18.2 Å². The fraction of sp³-hybridized carbons (Fsp3) is 0.333. The highest BCUT2D eigenvalue weighted by molar-refractivity contribution is 5.95. The number of methoxy groups -OCH3 is 1. The molecule has 5 nitrogen and oxygen atoms in total. The Labute approximate surface area is 98.2 Å². The number of hydrogen-bond donors (Lipinski definition) is 1. The third-order valence-corrected chi connectivity index (χ3v) is 3.16. The van der Waals surface area contributed by atoms with Gasteiger partial charge in [-0.3, -0.25) is 0 Å². The lowest BCUT2D eigenvalue weighted by atomic mass is 10.3. The molecule has 0 saturated heterocycles. The number of hydrogen-bond acceptors (Lipinski definition) is 4. The van der Waals surface area contributed by atoms with Crippen molar-refractivity contribution in [3.63, 3.8) is 0 Å². The molecule has 0 aromatic carbocycles. The lowest BCUT2D eigenvalue weighted by Crippen LogP contribution is -2.22.